The van der Waals surface area contributed by atoms with E-state index in [4.69, 9.17) is 10.5 Å². The van der Waals surface area contributed by atoms with Crippen LogP contribution in [0, 0.1) is 0 Å². The molecule has 68 valence electrons. The lowest BCUT2D eigenvalue weighted by Gasteiger charge is -2.01. The molecule has 0 fully saturated rings. The van der Waals surface area contributed by atoms with E-state index in [1.54, 1.807) is 12.4 Å². The summed E-state index contributed by atoms with van der Waals surface area (Å²) in [5.41, 5.74) is 5.28. The van der Waals surface area contributed by atoms with Gasteiger partial charge in [0.05, 0.1) is 19.0 Å². The average Bonchev–Trinajstić information content (AvgIpc) is 2.04. The first-order chi connectivity index (χ1) is 5.33. The molecular formula is C7H12ClN3O. The van der Waals surface area contributed by atoms with Crippen LogP contribution < -0.4 is 10.5 Å². The molecule has 0 saturated carbocycles. The Morgan fingerprint density at radius 1 is 1.42 bits per heavy atom. The van der Waals surface area contributed by atoms with Crippen LogP contribution in [0.2, 0.25) is 0 Å². The van der Waals surface area contributed by atoms with Crippen LogP contribution in [0.4, 0.5) is 5.95 Å². The maximum Gasteiger partial charge on any atom is 0.220 e. The fourth-order valence-electron chi connectivity index (χ4n) is 0.621. The van der Waals surface area contributed by atoms with Crippen LogP contribution in [-0.2, 0) is 0 Å². The van der Waals surface area contributed by atoms with Crippen molar-refractivity contribution in [3.8, 4) is 5.75 Å². The van der Waals surface area contributed by atoms with Crippen LogP contribution in [0.5, 0.6) is 5.75 Å². The van der Waals surface area contributed by atoms with Crippen LogP contribution in [0.1, 0.15) is 13.3 Å². The first-order valence-electron chi connectivity index (χ1n) is 3.53. The highest BCUT2D eigenvalue weighted by atomic mass is 35.5. The monoisotopic (exact) mass is 189 g/mol. The van der Waals surface area contributed by atoms with Crippen molar-refractivity contribution in [2.24, 2.45) is 0 Å². The van der Waals surface area contributed by atoms with Crippen molar-refractivity contribution < 1.29 is 4.74 Å². The molecule has 0 spiro atoms. The summed E-state index contributed by atoms with van der Waals surface area (Å²) in [5, 5.41) is 0. The van der Waals surface area contributed by atoms with Crippen LogP contribution in [0.3, 0.4) is 0 Å². The van der Waals surface area contributed by atoms with Crippen molar-refractivity contribution in [2.75, 3.05) is 12.3 Å². The van der Waals surface area contributed by atoms with Crippen LogP contribution >= 0.6 is 12.4 Å². The summed E-state index contributed by atoms with van der Waals surface area (Å²) in [6.45, 7) is 2.73. The van der Waals surface area contributed by atoms with Crippen molar-refractivity contribution >= 4 is 18.4 Å². The van der Waals surface area contributed by atoms with Crippen molar-refractivity contribution in [1.82, 2.24) is 9.97 Å². The van der Waals surface area contributed by atoms with Gasteiger partial charge in [-0.15, -0.1) is 12.4 Å². The minimum atomic E-state index is 0. The zero-order valence-corrected chi connectivity index (χ0v) is 7.67. The molecule has 1 aromatic rings. The van der Waals surface area contributed by atoms with Gasteiger partial charge in [-0.2, -0.15) is 0 Å². The Labute approximate surface area is 77.6 Å². The lowest BCUT2D eigenvalue weighted by molar-refractivity contribution is 0.315. The van der Waals surface area contributed by atoms with Gasteiger partial charge in [-0.1, -0.05) is 6.92 Å². The van der Waals surface area contributed by atoms with E-state index in [2.05, 4.69) is 9.97 Å². The predicted octanol–water partition coefficient (Wildman–Crippen LogP) is 1.27. The molecule has 0 saturated heterocycles. The quantitative estimate of drug-likeness (QED) is 0.778. The summed E-state index contributed by atoms with van der Waals surface area (Å²) >= 11 is 0. The molecule has 0 aliphatic heterocycles. The number of anilines is 1. The van der Waals surface area contributed by atoms with Crippen LogP contribution in [-0.4, -0.2) is 16.6 Å². The maximum absolute atomic E-state index is 5.28. The summed E-state index contributed by atoms with van der Waals surface area (Å²) in [6, 6.07) is 0. The lowest BCUT2D eigenvalue weighted by Crippen LogP contribution is -1.98. The smallest absolute Gasteiger partial charge is 0.220 e. The summed E-state index contributed by atoms with van der Waals surface area (Å²) in [7, 11) is 0. The minimum Gasteiger partial charge on any atom is -0.490 e. The highest BCUT2D eigenvalue weighted by Gasteiger charge is 1.92. The summed E-state index contributed by atoms with van der Waals surface area (Å²) in [4.78, 5) is 7.55. The Morgan fingerprint density at radius 3 is 2.50 bits per heavy atom. The molecule has 12 heavy (non-hydrogen) atoms. The van der Waals surface area contributed by atoms with Gasteiger partial charge in [0.1, 0.15) is 0 Å². The van der Waals surface area contributed by atoms with Gasteiger partial charge < -0.3 is 10.5 Å². The number of ether oxygens (including phenoxy) is 1. The maximum atomic E-state index is 5.28. The SMILES string of the molecule is CCCOc1cnc(N)nc1.Cl. The van der Waals surface area contributed by atoms with Crippen molar-refractivity contribution in [1.29, 1.82) is 0 Å². The van der Waals surface area contributed by atoms with Gasteiger partial charge in [-0.25, -0.2) is 9.97 Å². The first kappa shape index (κ1) is 11.0. The Kier molecular flexibility index (Phi) is 5.12. The number of aromatic nitrogens is 2. The summed E-state index contributed by atoms with van der Waals surface area (Å²) in [6.07, 6.45) is 4.11. The number of nitrogen functional groups attached to an aromatic ring is 1. The van der Waals surface area contributed by atoms with E-state index in [1.165, 1.54) is 0 Å². The predicted molar refractivity (Wildman–Crippen MR) is 49.5 cm³/mol. The number of nitrogens with two attached hydrogens (primary N) is 1. The highest BCUT2D eigenvalue weighted by molar-refractivity contribution is 5.85. The van der Waals surface area contributed by atoms with Gasteiger partial charge in [-0.3, -0.25) is 0 Å². The van der Waals surface area contributed by atoms with Crippen molar-refractivity contribution in [3.63, 3.8) is 0 Å². The molecule has 0 aromatic carbocycles. The van der Waals surface area contributed by atoms with Gasteiger partial charge in [0, 0.05) is 0 Å². The van der Waals surface area contributed by atoms with E-state index < -0.39 is 0 Å². The second-order valence-electron chi connectivity index (χ2n) is 2.13. The second-order valence-corrected chi connectivity index (χ2v) is 2.13. The molecule has 0 radical (unpaired) electrons. The summed E-state index contributed by atoms with van der Waals surface area (Å²) in [5.74, 6) is 0.940. The van der Waals surface area contributed by atoms with E-state index in [1.807, 2.05) is 6.92 Å². The minimum absolute atomic E-state index is 0. The largest absolute Gasteiger partial charge is 0.490 e. The standard InChI is InChI=1S/C7H11N3O.ClH/c1-2-3-11-6-4-9-7(8)10-5-6;/h4-5H,2-3H2,1H3,(H2,8,9,10);1H. The van der Waals surface area contributed by atoms with Crippen LogP contribution in [0.25, 0.3) is 0 Å². The Morgan fingerprint density at radius 2 is 2.00 bits per heavy atom. The number of halogens is 1. The number of rotatable bonds is 3. The third-order valence-electron chi connectivity index (χ3n) is 1.12. The third kappa shape index (κ3) is 3.39. The molecule has 4 nitrogen and oxygen atoms in total. The molecule has 1 aromatic heterocycles. The zero-order valence-electron chi connectivity index (χ0n) is 6.86. The van der Waals surface area contributed by atoms with E-state index in [9.17, 15) is 0 Å². The molecule has 0 bridgehead atoms. The van der Waals surface area contributed by atoms with Gasteiger partial charge in [0.15, 0.2) is 5.75 Å². The number of hydrogen-bond donors (Lipinski definition) is 1. The molecule has 0 unspecified atom stereocenters. The van der Waals surface area contributed by atoms with Crippen molar-refractivity contribution in [3.05, 3.63) is 12.4 Å². The number of nitrogens with zero attached hydrogens (tertiary/aromatic N) is 2. The number of hydrogen-bond acceptors (Lipinski definition) is 4. The van der Waals surface area contributed by atoms with Crippen molar-refractivity contribution in [2.45, 2.75) is 13.3 Å². The molecule has 1 rings (SSSR count). The molecule has 2 N–H and O–H groups in total. The van der Waals surface area contributed by atoms with E-state index in [0.29, 0.717) is 12.4 Å². The fourth-order valence-corrected chi connectivity index (χ4v) is 0.621. The van der Waals surface area contributed by atoms with Gasteiger partial charge in [0.25, 0.3) is 0 Å². The fraction of sp³-hybridized carbons (Fsp3) is 0.429. The van der Waals surface area contributed by atoms with Gasteiger partial charge in [-0.05, 0) is 6.42 Å². The van der Waals surface area contributed by atoms with E-state index in [-0.39, 0.29) is 18.4 Å². The first-order valence-corrected chi connectivity index (χ1v) is 3.53. The highest BCUT2D eigenvalue weighted by Crippen LogP contribution is 2.06. The van der Waals surface area contributed by atoms with E-state index in [0.717, 1.165) is 6.42 Å². The molecule has 0 aliphatic carbocycles. The van der Waals surface area contributed by atoms with Gasteiger partial charge >= 0.3 is 0 Å². The van der Waals surface area contributed by atoms with Gasteiger partial charge in [0.2, 0.25) is 5.95 Å². The second kappa shape index (κ2) is 5.60. The van der Waals surface area contributed by atoms with Crippen LogP contribution in [0.15, 0.2) is 12.4 Å². The summed E-state index contributed by atoms with van der Waals surface area (Å²) < 4.78 is 5.23. The molecule has 0 aliphatic rings. The Balaban J connectivity index is 0.00000121. The third-order valence-corrected chi connectivity index (χ3v) is 1.12. The Bertz CT molecular complexity index is 214. The molecule has 5 heteroatoms. The average molecular weight is 190 g/mol. The molecule has 1 heterocycles. The molecule has 0 atom stereocenters. The van der Waals surface area contributed by atoms with E-state index >= 15 is 0 Å². The Hall–Kier alpha value is -1.03. The normalized spacial score (nSPS) is 8.75. The molecule has 0 amide bonds. The zero-order chi connectivity index (χ0) is 8.10. The lowest BCUT2D eigenvalue weighted by atomic mass is 10.5. The molecular weight excluding hydrogens is 178 g/mol. The topological polar surface area (TPSA) is 61.0 Å².